The number of ether oxygens (including phenoxy) is 1. The minimum atomic E-state index is -0.894. The average molecular weight is 426 g/mol. The Morgan fingerprint density at radius 1 is 1.06 bits per heavy atom. The molecule has 0 aromatic heterocycles. The molecule has 5 nitrogen and oxygen atoms in total. The number of benzene rings is 2. The summed E-state index contributed by atoms with van der Waals surface area (Å²) in [4.78, 5) is 27.2. The number of hydrogen-bond donors (Lipinski definition) is 1. The van der Waals surface area contributed by atoms with Crippen LogP contribution in [0.1, 0.15) is 57.2 Å². The first kappa shape index (κ1) is 24.4. The van der Waals surface area contributed by atoms with E-state index in [0.29, 0.717) is 30.0 Å². The molecule has 5 heteroatoms. The Kier molecular flexibility index (Phi) is 7.88. The van der Waals surface area contributed by atoms with Gasteiger partial charge in [-0.3, -0.25) is 9.59 Å². The monoisotopic (exact) mass is 425 g/mol. The summed E-state index contributed by atoms with van der Waals surface area (Å²) in [5.41, 5.74) is 2.78. The van der Waals surface area contributed by atoms with Crippen LogP contribution in [0.5, 0.6) is 5.75 Å². The predicted molar refractivity (Wildman–Crippen MR) is 125 cm³/mol. The number of hydrogen-bond acceptors (Lipinski definition) is 3. The second kappa shape index (κ2) is 9.99. The minimum Gasteiger partial charge on any atom is -0.495 e. The van der Waals surface area contributed by atoms with Crippen LogP contribution in [0, 0.1) is 18.3 Å². The van der Waals surface area contributed by atoms with Crippen molar-refractivity contribution in [2.45, 2.75) is 53.9 Å². The van der Waals surface area contributed by atoms with Crippen LogP contribution in [0.3, 0.4) is 0 Å². The van der Waals surface area contributed by atoms with Gasteiger partial charge in [-0.1, -0.05) is 70.5 Å². The summed E-state index contributed by atoms with van der Waals surface area (Å²) in [5, 5.41) is 9.97. The number of nitrogens with zero attached hydrogens (tertiary/aromatic N) is 1. The Balaban J connectivity index is 2.53. The zero-order chi connectivity index (χ0) is 23.3. The molecule has 0 saturated carbocycles. The van der Waals surface area contributed by atoms with E-state index in [1.165, 1.54) is 0 Å². The number of carbonyl (C=O) groups excluding carboxylic acids is 1. The van der Waals surface area contributed by atoms with E-state index < -0.39 is 17.3 Å². The molecule has 2 aromatic carbocycles. The molecule has 0 radical (unpaired) electrons. The number of amides is 1. The molecule has 0 aliphatic rings. The highest BCUT2D eigenvalue weighted by Crippen LogP contribution is 2.36. The molecule has 1 amide bonds. The summed E-state index contributed by atoms with van der Waals surface area (Å²) in [5.74, 6) is -0.849. The average Bonchev–Trinajstić information content (AvgIpc) is 2.69. The Morgan fingerprint density at radius 3 is 2.16 bits per heavy atom. The first-order valence-electron chi connectivity index (χ1n) is 10.7. The van der Waals surface area contributed by atoms with Gasteiger partial charge in [0.05, 0.1) is 18.7 Å². The minimum absolute atomic E-state index is 0.0259. The molecule has 1 N–H and O–H groups in total. The third-order valence-electron chi connectivity index (χ3n) is 5.19. The highest BCUT2D eigenvalue weighted by molar-refractivity contribution is 5.98. The molecule has 0 aliphatic carbocycles. The van der Waals surface area contributed by atoms with Crippen LogP contribution in [0.4, 0.5) is 5.69 Å². The van der Waals surface area contributed by atoms with Crippen LogP contribution >= 0.6 is 0 Å². The third kappa shape index (κ3) is 6.33. The van der Waals surface area contributed by atoms with Gasteiger partial charge < -0.3 is 14.7 Å². The Labute approximate surface area is 186 Å². The standard InChI is InChI=1S/C26H35NO4/c1-17(2)16-27(25(30)26(4,5)6)22-15-20(12-13-23(22)31-7)21(24(28)29)14-19-10-8-18(3)9-11-19/h8-13,15,17,21H,14,16H2,1-7H3,(H,28,29). The van der Waals surface area contributed by atoms with Crippen LogP contribution in [-0.4, -0.2) is 30.6 Å². The highest BCUT2D eigenvalue weighted by Gasteiger charge is 2.31. The number of methoxy groups -OCH3 is 1. The van der Waals surface area contributed by atoms with E-state index >= 15 is 0 Å². The molecule has 0 aliphatic heterocycles. The number of carboxylic acids is 1. The van der Waals surface area contributed by atoms with E-state index in [1.54, 1.807) is 30.2 Å². The molecule has 0 bridgehead atoms. The lowest BCUT2D eigenvalue weighted by Crippen LogP contribution is -2.42. The maximum absolute atomic E-state index is 13.3. The highest BCUT2D eigenvalue weighted by atomic mass is 16.5. The predicted octanol–water partition coefficient (Wildman–Crippen LogP) is 5.45. The van der Waals surface area contributed by atoms with Crippen LogP contribution in [0.25, 0.3) is 0 Å². The van der Waals surface area contributed by atoms with Gasteiger partial charge in [0.15, 0.2) is 0 Å². The maximum Gasteiger partial charge on any atom is 0.311 e. The van der Waals surface area contributed by atoms with E-state index in [4.69, 9.17) is 4.74 Å². The van der Waals surface area contributed by atoms with Crippen molar-refractivity contribution in [1.29, 1.82) is 0 Å². The van der Waals surface area contributed by atoms with Crippen molar-refractivity contribution < 1.29 is 19.4 Å². The fourth-order valence-electron chi connectivity index (χ4n) is 3.50. The number of aryl methyl sites for hydroxylation is 1. The molecule has 2 aromatic rings. The SMILES string of the molecule is COc1ccc(C(Cc2ccc(C)cc2)C(=O)O)cc1N(CC(C)C)C(=O)C(C)(C)C. The first-order valence-corrected chi connectivity index (χ1v) is 10.7. The number of anilines is 1. The summed E-state index contributed by atoms with van der Waals surface area (Å²) in [6.07, 6.45) is 0.374. The molecule has 0 saturated heterocycles. The Morgan fingerprint density at radius 2 is 1.68 bits per heavy atom. The van der Waals surface area contributed by atoms with Gasteiger partial charge in [0.2, 0.25) is 5.91 Å². The third-order valence-corrected chi connectivity index (χ3v) is 5.19. The lowest BCUT2D eigenvalue weighted by Gasteiger charge is -2.32. The van der Waals surface area contributed by atoms with Crippen molar-refractivity contribution in [3.8, 4) is 5.75 Å². The molecule has 2 rings (SSSR count). The topological polar surface area (TPSA) is 66.8 Å². The van der Waals surface area contributed by atoms with Gasteiger partial charge in [-0.05, 0) is 42.5 Å². The molecule has 0 heterocycles. The quantitative estimate of drug-likeness (QED) is 0.611. The smallest absolute Gasteiger partial charge is 0.311 e. The normalized spacial score (nSPS) is 12.5. The van der Waals surface area contributed by atoms with Crippen LogP contribution in [-0.2, 0) is 16.0 Å². The van der Waals surface area contributed by atoms with Gasteiger partial charge in [-0.2, -0.15) is 0 Å². The molecule has 1 unspecified atom stereocenters. The number of aliphatic carboxylic acids is 1. The van der Waals surface area contributed by atoms with E-state index in [9.17, 15) is 14.7 Å². The summed E-state index contributed by atoms with van der Waals surface area (Å²) in [6.45, 7) is 12.3. The number of carbonyl (C=O) groups is 2. The van der Waals surface area contributed by atoms with Crippen LogP contribution < -0.4 is 9.64 Å². The van der Waals surface area contributed by atoms with Gasteiger partial charge in [0.1, 0.15) is 5.75 Å². The van der Waals surface area contributed by atoms with E-state index in [1.807, 2.05) is 52.0 Å². The lowest BCUT2D eigenvalue weighted by atomic mass is 9.90. The van der Waals surface area contributed by atoms with Crippen molar-refractivity contribution in [3.05, 3.63) is 59.2 Å². The van der Waals surface area contributed by atoms with E-state index in [-0.39, 0.29) is 11.8 Å². The zero-order valence-corrected chi connectivity index (χ0v) is 19.7. The van der Waals surface area contributed by atoms with Gasteiger partial charge >= 0.3 is 5.97 Å². The number of rotatable bonds is 8. The van der Waals surface area contributed by atoms with Crippen molar-refractivity contribution in [3.63, 3.8) is 0 Å². The van der Waals surface area contributed by atoms with Crippen molar-refractivity contribution >= 4 is 17.6 Å². The molecular formula is C26H35NO4. The summed E-state index contributed by atoms with van der Waals surface area (Å²) in [6, 6.07) is 13.2. The van der Waals surface area contributed by atoms with E-state index in [2.05, 4.69) is 13.8 Å². The van der Waals surface area contributed by atoms with Crippen LogP contribution in [0.15, 0.2) is 42.5 Å². The fraction of sp³-hybridized carbons (Fsp3) is 0.462. The van der Waals surface area contributed by atoms with Crippen molar-refractivity contribution in [1.82, 2.24) is 0 Å². The van der Waals surface area contributed by atoms with Gasteiger partial charge in [-0.25, -0.2) is 0 Å². The second-order valence-corrected chi connectivity index (χ2v) is 9.57. The maximum atomic E-state index is 13.3. The second-order valence-electron chi connectivity index (χ2n) is 9.57. The van der Waals surface area contributed by atoms with Gasteiger partial charge in [0.25, 0.3) is 0 Å². The van der Waals surface area contributed by atoms with Crippen molar-refractivity contribution in [2.75, 3.05) is 18.6 Å². The summed E-state index contributed by atoms with van der Waals surface area (Å²) in [7, 11) is 1.56. The lowest BCUT2D eigenvalue weighted by molar-refractivity contribution is -0.138. The largest absolute Gasteiger partial charge is 0.495 e. The molecule has 1 atom stereocenters. The van der Waals surface area contributed by atoms with Gasteiger partial charge in [-0.15, -0.1) is 0 Å². The fourth-order valence-corrected chi connectivity index (χ4v) is 3.50. The molecule has 31 heavy (non-hydrogen) atoms. The molecule has 168 valence electrons. The van der Waals surface area contributed by atoms with Crippen LogP contribution in [0.2, 0.25) is 0 Å². The summed E-state index contributed by atoms with van der Waals surface area (Å²) < 4.78 is 5.56. The zero-order valence-electron chi connectivity index (χ0n) is 19.7. The Hall–Kier alpha value is -2.82. The first-order chi connectivity index (χ1) is 14.4. The van der Waals surface area contributed by atoms with Gasteiger partial charge in [0, 0.05) is 12.0 Å². The van der Waals surface area contributed by atoms with E-state index in [0.717, 1.165) is 11.1 Å². The molecular weight excluding hydrogens is 390 g/mol. The molecule has 0 fully saturated rings. The summed E-state index contributed by atoms with van der Waals surface area (Å²) >= 11 is 0. The molecule has 0 spiro atoms. The number of carboxylic acid groups (broad SMARTS) is 1. The van der Waals surface area contributed by atoms with Crippen molar-refractivity contribution in [2.24, 2.45) is 11.3 Å². The Bertz CT molecular complexity index is 910.